The molecule has 1 unspecified atom stereocenters. The summed E-state index contributed by atoms with van der Waals surface area (Å²) in [6.45, 7) is 3.47. The van der Waals surface area contributed by atoms with Gasteiger partial charge in [-0.2, -0.15) is 0 Å². The van der Waals surface area contributed by atoms with Crippen molar-refractivity contribution in [2.75, 3.05) is 7.11 Å². The number of aliphatic hydroxyl groups is 1. The quantitative estimate of drug-likeness (QED) is 0.805. The Hall–Kier alpha value is -2.17. The standard InChI is InChI=1S/C19H23NO3/c1-14(15-10-6-4-7-11-15)20-17(16-12-8-5-9-13-16)19(2,22)18(21)23-3/h4-14,17,20,22H,1-3H3/t14?,17-,19+/m1/s1. The number of carbonyl (C=O) groups excluding carboxylic acids is 1. The molecular formula is C19H23NO3. The number of hydrogen-bond acceptors (Lipinski definition) is 4. The third-order valence-electron chi connectivity index (χ3n) is 4.01. The molecule has 2 N–H and O–H groups in total. The molecule has 0 saturated carbocycles. The second-order valence-electron chi connectivity index (χ2n) is 5.78. The fourth-order valence-corrected chi connectivity index (χ4v) is 2.64. The molecule has 4 heteroatoms. The summed E-state index contributed by atoms with van der Waals surface area (Å²) in [5.74, 6) is -0.667. The van der Waals surface area contributed by atoms with E-state index in [1.54, 1.807) is 0 Å². The topological polar surface area (TPSA) is 58.6 Å². The smallest absolute Gasteiger partial charge is 0.339 e. The van der Waals surface area contributed by atoms with Crippen molar-refractivity contribution in [3.63, 3.8) is 0 Å². The molecule has 0 heterocycles. The average molecular weight is 313 g/mol. The molecule has 4 nitrogen and oxygen atoms in total. The number of hydrogen-bond donors (Lipinski definition) is 2. The van der Waals surface area contributed by atoms with Crippen LogP contribution in [0.3, 0.4) is 0 Å². The van der Waals surface area contributed by atoms with Gasteiger partial charge in [0.15, 0.2) is 5.60 Å². The van der Waals surface area contributed by atoms with E-state index >= 15 is 0 Å². The Morgan fingerprint density at radius 1 is 1.04 bits per heavy atom. The Labute approximate surface area is 137 Å². The van der Waals surface area contributed by atoms with E-state index in [4.69, 9.17) is 4.74 Å². The number of rotatable bonds is 6. The molecule has 0 aliphatic heterocycles. The van der Waals surface area contributed by atoms with Gasteiger partial charge in [-0.15, -0.1) is 0 Å². The second-order valence-corrected chi connectivity index (χ2v) is 5.78. The predicted molar refractivity (Wildman–Crippen MR) is 89.8 cm³/mol. The van der Waals surface area contributed by atoms with Gasteiger partial charge in [-0.05, 0) is 25.0 Å². The SMILES string of the molecule is COC(=O)[C@@](C)(O)[C@H](NC(C)c1ccccc1)c1ccccc1. The zero-order valence-corrected chi connectivity index (χ0v) is 13.7. The first-order chi connectivity index (χ1) is 11.0. The van der Waals surface area contributed by atoms with Crippen LogP contribution in [0.15, 0.2) is 60.7 Å². The summed E-state index contributed by atoms with van der Waals surface area (Å²) in [7, 11) is 1.28. The molecule has 0 fully saturated rings. The van der Waals surface area contributed by atoms with Gasteiger partial charge < -0.3 is 15.2 Å². The van der Waals surface area contributed by atoms with Gasteiger partial charge in [0, 0.05) is 6.04 Å². The van der Waals surface area contributed by atoms with Crippen LogP contribution in [-0.4, -0.2) is 23.8 Å². The van der Waals surface area contributed by atoms with Crippen LogP contribution in [0.5, 0.6) is 0 Å². The number of nitrogens with one attached hydrogen (secondary N) is 1. The first-order valence-corrected chi connectivity index (χ1v) is 7.63. The Morgan fingerprint density at radius 2 is 1.52 bits per heavy atom. The van der Waals surface area contributed by atoms with E-state index in [0.29, 0.717) is 0 Å². The van der Waals surface area contributed by atoms with E-state index in [1.807, 2.05) is 67.6 Å². The largest absolute Gasteiger partial charge is 0.467 e. The molecule has 122 valence electrons. The molecule has 0 radical (unpaired) electrons. The molecule has 3 atom stereocenters. The minimum Gasteiger partial charge on any atom is -0.467 e. The number of benzene rings is 2. The van der Waals surface area contributed by atoms with Crippen LogP contribution in [0.2, 0.25) is 0 Å². The van der Waals surface area contributed by atoms with Crippen LogP contribution >= 0.6 is 0 Å². The van der Waals surface area contributed by atoms with Gasteiger partial charge >= 0.3 is 5.97 Å². The van der Waals surface area contributed by atoms with E-state index in [-0.39, 0.29) is 6.04 Å². The number of ether oxygens (including phenoxy) is 1. The normalized spacial score (nSPS) is 16.2. The van der Waals surface area contributed by atoms with Gasteiger partial charge in [0.1, 0.15) is 0 Å². The minimum absolute atomic E-state index is 0.0439. The molecule has 23 heavy (non-hydrogen) atoms. The van der Waals surface area contributed by atoms with E-state index in [0.717, 1.165) is 11.1 Å². The Kier molecular flexibility index (Phi) is 5.53. The monoisotopic (exact) mass is 313 g/mol. The van der Waals surface area contributed by atoms with Crippen LogP contribution in [-0.2, 0) is 9.53 Å². The van der Waals surface area contributed by atoms with Crippen molar-refractivity contribution in [3.8, 4) is 0 Å². The highest BCUT2D eigenvalue weighted by molar-refractivity contribution is 5.80. The third kappa shape index (κ3) is 3.97. The molecule has 2 aromatic carbocycles. The van der Waals surface area contributed by atoms with Crippen molar-refractivity contribution in [3.05, 3.63) is 71.8 Å². The highest BCUT2D eigenvalue weighted by Gasteiger charge is 2.42. The minimum atomic E-state index is -1.68. The predicted octanol–water partition coefficient (Wildman–Crippen LogP) is 3.00. The van der Waals surface area contributed by atoms with Crippen molar-refractivity contribution >= 4 is 5.97 Å². The summed E-state index contributed by atoms with van der Waals surface area (Å²) < 4.78 is 4.78. The van der Waals surface area contributed by atoms with E-state index in [9.17, 15) is 9.90 Å². The molecule has 2 rings (SSSR count). The van der Waals surface area contributed by atoms with Gasteiger partial charge in [-0.1, -0.05) is 60.7 Å². The molecule has 0 aliphatic carbocycles. The van der Waals surface area contributed by atoms with E-state index < -0.39 is 17.6 Å². The second kappa shape index (κ2) is 7.40. The lowest BCUT2D eigenvalue weighted by atomic mass is 9.89. The highest BCUT2D eigenvalue weighted by Crippen LogP contribution is 2.30. The first-order valence-electron chi connectivity index (χ1n) is 7.63. The van der Waals surface area contributed by atoms with Crippen molar-refractivity contribution in [2.24, 2.45) is 0 Å². The Bertz CT molecular complexity index is 626. The molecule has 0 aliphatic rings. The van der Waals surface area contributed by atoms with Gasteiger partial charge in [0.25, 0.3) is 0 Å². The number of carbonyl (C=O) groups is 1. The maximum absolute atomic E-state index is 12.1. The van der Waals surface area contributed by atoms with Crippen LogP contribution in [0.1, 0.15) is 37.1 Å². The summed E-state index contributed by atoms with van der Waals surface area (Å²) in [6, 6.07) is 18.7. The van der Waals surface area contributed by atoms with E-state index in [2.05, 4.69) is 5.32 Å². The van der Waals surface area contributed by atoms with Crippen molar-refractivity contribution in [1.82, 2.24) is 5.32 Å². The summed E-state index contributed by atoms with van der Waals surface area (Å²) >= 11 is 0. The molecule has 2 aromatic rings. The third-order valence-corrected chi connectivity index (χ3v) is 4.01. The summed E-state index contributed by atoms with van der Waals surface area (Å²) in [6.07, 6.45) is 0. The van der Waals surface area contributed by atoms with Crippen molar-refractivity contribution < 1.29 is 14.6 Å². The fourth-order valence-electron chi connectivity index (χ4n) is 2.64. The zero-order chi connectivity index (χ0) is 16.9. The number of esters is 1. The lowest BCUT2D eigenvalue weighted by Gasteiger charge is -2.34. The molecule has 0 spiro atoms. The summed E-state index contributed by atoms with van der Waals surface area (Å²) in [4.78, 5) is 12.1. The lowest BCUT2D eigenvalue weighted by Crippen LogP contribution is -2.49. The Morgan fingerprint density at radius 3 is 2.00 bits per heavy atom. The van der Waals surface area contributed by atoms with Gasteiger partial charge in [-0.3, -0.25) is 0 Å². The van der Waals surface area contributed by atoms with Gasteiger partial charge in [0.05, 0.1) is 13.2 Å². The maximum Gasteiger partial charge on any atom is 0.339 e. The molecule has 0 aromatic heterocycles. The highest BCUT2D eigenvalue weighted by atomic mass is 16.5. The average Bonchev–Trinajstić information content (AvgIpc) is 2.60. The summed E-state index contributed by atoms with van der Waals surface area (Å²) in [5.41, 5.74) is 0.221. The van der Waals surface area contributed by atoms with Crippen molar-refractivity contribution in [1.29, 1.82) is 0 Å². The Balaban J connectivity index is 2.33. The van der Waals surface area contributed by atoms with Gasteiger partial charge in [0.2, 0.25) is 0 Å². The van der Waals surface area contributed by atoms with Crippen molar-refractivity contribution in [2.45, 2.75) is 31.5 Å². The first kappa shape index (κ1) is 17.2. The van der Waals surface area contributed by atoms with Crippen LogP contribution < -0.4 is 5.32 Å². The fraction of sp³-hybridized carbons (Fsp3) is 0.316. The zero-order valence-electron chi connectivity index (χ0n) is 13.7. The molecule has 0 bridgehead atoms. The molecular weight excluding hydrogens is 290 g/mol. The maximum atomic E-state index is 12.1. The van der Waals surface area contributed by atoms with Crippen LogP contribution in [0.4, 0.5) is 0 Å². The molecule has 0 amide bonds. The lowest BCUT2D eigenvalue weighted by molar-refractivity contribution is -0.164. The van der Waals surface area contributed by atoms with Gasteiger partial charge in [-0.25, -0.2) is 4.79 Å². The summed E-state index contributed by atoms with van der Waals surface area (Å²) in [5, 5.41) is 14.1. The van der Waals surface area contributed by atoms with E-state index in [1.165, 1.54) is 14.0 Å². The van der Waals surface area contributed by atoms with Crippen LogP contribution in [0, 0.1) is 0 Å². The number of methoxy groups -OCH3 is 1. The molecule has 0 saturated heterocycles. The van der Waals surface area contributed by atoms with Crippen LogP contribution in [0.25, 0.3) is 0 Å².